The maximum atomic E-state index is 14.1. The van der Waals surface area contributed by atoms with Crippen LogP contribution in [0.5, 0.6) is 0 Å². The Balaban J connectivity index is 2.28. The van der Waals surface area contributed by atoms with Crippen LogP contribution in [-0.4, -0.2) is 15.6 Å². The lowest BCUT2D eigenvalue weighted by atomic mass is 9.87. The molecule has 0 amide bonds. The summed E-state index contributed by atoms with van der Waals surface area (Å²) >= 11 is 0. The summed E-state index contributed by atoms with van der Waals surface area (Å²) in [4.78, 5) is 12.6. The number of hydrogen-bond acceptors (Lipinski definition) is 2. The zero-order valence-corrected chi connectivity index (χ0v) is 14.6. The number of halogens is 1. The van der Waals surface area contributed by atoms with E-state index < -0.39 is 5.95 Å². The zero-order valence-electron chi connectivity index (χ0n) is 14.6. The normalized spacial score (nSPS) is 12.7. The van der Waals surface area contributed by atoms with E-state index >= 15 is 0 Å². The highest BCUT2D eigenvalue weighted by Gasteiger charge is 2.22. The second kappa shape index (κ2) is 7.07. The van der Waals surface area contributed by atoms with Crippen molar-refractivity contribution in [2.24, 2.45) is 13.0 Å². The van der Waals surface area contributed by atoms with E-state index in [1.165, 1.54) is 12.6 Å². The number of carbonyl (C=O) groups excluding carboxylic acids is 1. The molecule has 1 aromatic carbocycles. The average Bonchev–Trinajstić information content (AvgIpc) is 2.71. The number of aryl methyl sites for hydroxylation is 2. The lowest BCUT2D eigenvalue weighted by Gasteiger charge is -2.18. The van der Waals surface area contributed by atoms with Crippen LogP contribution in [0.3, 0.4) is 0 Å². The van der Waals surface area contributed by atoms with E-state index in [4.69, 9.17) is 0 Å². The van der Waals surface area contributed by atoms with Crippen LogP contribution in [0.4, 0.5) is 4.39 Å². The Morgan fingerprint density at radius 1 is 1.26 bits per heavy atom. The van der Waals surface area contributed by atoms with Gasteiger partial charge in [-0.3, -0.25) is 4.79 Å². The van der Waals surface area contributed by atoms with Crippen molar-refractivity contribution in [2.75, 3.05) is 0 Å². The summed E-state index contributed by atoms with van der Waals surface area (Å²) in [7, 11) is 1.51. The fourth-order valence-electron chi connectivity index (χ4n) is 3.22. The highest BCUT2D eigenvalue weighted by atomic mass is 19.1. The van der Waals surface area contributed by atoms with Crippen molar-refractivity contribution in [3.63, 3.8) is 0 Å². The first-order valence-corrected chi connectivity index (χ1v) is 8.11. The molecule has 124 valence electrons. The first-order chi connectivity index (χ1) is 10.8. The van der Waals surface area contributed by atoms with Crippen LogP contribution < -0.4 is 0 Å². The first-order valence-electron chi connectivity index (χ1n) is 8.11. The molecule has 23 heavy (non-hydrogen) atoms. The van der Waals surface area contributed by atoms with Gasteiger partial charge in [0.25, 0.3) is 0 Å². The lowest BCUT2D eigenvalue weighted by Crippen LogP contribution is -2.10. The minimum absolute atomic E-state index is 0.110. The summed E-state index contributed by atoms with van der Waals surface area (Å²) in [5, 5.41) is 3.99. The van der Waals surface area contributed by atoms with Gasteiger partial charge in [-0.1, -0.05) is 45.0 Å². The first kappa shape index (κ1) is 17.4. The van der Waals surface area contributed by atoms with Gasteiger partial charge in [-0.15, -0.1) is 0 Å². The van der Waals surface area contributed by atoms with Gasteiger partial charge in [-0.2, -0.15) is 9.49 Å². The molecule has 0 spiro atoms. The van der Waals surface area contributed by atoms with Crippen molar-refractivity contribution < 1.29 is 9.18 Å². The second-order valence-electron chi connectivity index (χ2n) is 6.70. The second-order valence-corrected chi connectivity index (χ2v) is 6.70. The molecule has 0 saturated heterocycles. The molecule has 2 aromatic rings. The predicted molar refractivity (Wildman–Crippen MR) is 90.2 cm³/mol. The van der Waals surface area contributed by atoms with E-state index in [1.807, 2.05) is 18.2 Å². The predicted octanol–water partition coefficient (Wildman–Crippen LogP) is 4.44. The Morgan fingerprint density at radius 3 is 2.48 bits per heavy atom. The summed E-state index contributed by atoms with van der Waals surface area (Å²) < 4.78 is 15.2. The highest BCUT2D eigenvalue weighted by Crippen LogP contribution is 2.27. The number of Topliss-reactive ketones (excluding diaryl/α,β-unsaturated/α-hetero) is 1. The Kier molecular flexibility index (Phi) is 5.34. The fraction of sp³-hybridized carbons (Fsp3) is 0.474. The quantitative estimate of drug-likeness (QED) is 0.738. The van der Waals surface area contributed by atoms with Crippen molar-refractivity contribution in [3.8, 4) is 0 Å². The molecule has 0 aliphatic heterocycles. The molecule has 1 unspecified atom stereocenters. The van der Waals surface area contributed by atoms with Crippen molar-refractivity contribution in [1.29, 1.82) is 0 Å². The maximum Gasteiger partial charge on any atom is 0.222 e. The fourth-order valence-corrected chi connectivity index (χ4v) is 3.22. The standard InChI is InChI=1S/C19H25FN2O/c1-12(2)10-13(3)16-9-7-6-8-15(16)11-17(23)18-14(4)21-22(5)19(18)20/h6-9,12-13H,10-11H2,1-5H3. The third-order valence-corrected chi connectivity index (χ3v) is 4.19. The molecule has 3 nitrogen and oxygen atoms in total. The molecule has 0 fully saturated rings. The summed E-state index contributed by atoms with van der Waals surface area (Å²) in [6.07, 6.45) is 1.27. The highest BCUT2D eigenvalue weighted by molar-refractivity contribution is 5.98. The third-order valence-electron chi connectivity index (χ3n) is 4.19. The zero-order chi connectivity index (χ0) is 17.1. The molecule has 2 rings (SSSR count). The average molecular weight is 316 g/mol. The molecule has 0 N–H and O–H groups in total. The van der Waals surface area contributed by atoms with Gasteiger partial charge >= 0.3 is 0 Å². The van der Waals surface area contributed by atoms with Crippen LogP contribution in [0.1, 0.15) is 60.3 Å². The van der Waals surface area contributed by atoms with Gasteiger partial charge < -0.3 is 0 Å². The molecule has 4 heteroatoms. The Labute approximate surface area is 137 Å². The molecule has 0 aliphatic carbocycles. The van der Waals surface area contributed by atoms with Crippen LogP contribution in [-0.2, 0) is 13.5 Å². The van der Waals surface area contributed by atoms with E-state index in [2.05, 4.69) is 31.9 Å². The number of nitrogens with zero attached hydrogens (tertiary/aromatic N) is 2. The van der Waals surface area contributed by atoms with Gasteiger partial charge in [0.2, 0.25) is 5.95 Å². The molecule has 0 saturated carbocycles. The largest absolute Gasteiger partial charge is 0.294 e. The van der Waals surface area contributed by atoms with Crippen molar-refractivity contribution in [1.82, 2.24) is 9.78 Å². The van der Waals surface area contributed by atoms with Crippen LogP contribution in [0.2, 0.25) is 0 Å². The van der Waals surface area contributed by atoms with E-state index in [0.29, 0.717) is 17.5 Å². The summed E-state index contributed by atoms with van der Waals surface area (Å²) in [5.74, 6) is 0.197. The summed E-state index contributed by atoms with van der Waals surface area (Å²) in [6.45, 7) is 8.24. The number of hydrogen-bond donors (Lipinski definition) is 0. The molecule has 1 atom stereocenters. The lowest BCUT2D eigenvalue weighted by molar-refractivity contribution is 0.0987. The topological polar surface area (TPSA) is 34.9 Å². The van der Waals surface area contributed by atoms with E-state index in [9.17, 15) is 9.18 Å². The van der Waals surface area contributed by atoms with E-state index in [-0.39, 0.29) is 17.8 Å². The Hall–Kier alpha value is -1.97. The summed E-state index contributed by atoms with van der Waals surface area (Å²) in [6, 6.07) is 7.96. The van der Waals surface area contributed by atoms with Crippen molar-refractivity contribution in [2.45, 2.75) is 46.5 Å². The maximum absolute atomic E-state index is 14.1. The number of benzene rings is 1. The number of carbonyl (C=O) groups is 1. The van der Waals surface area contributed by atoms with Crippen LogP contribution in [0.25, 0.3) is 0 Å². The number of rotatable bonds is 6. The minimum atomic E-state index is -0.555. The molecule has 0 bridgehead atoms. The SMILES string of the molecule is Cc1nn(C)c(F)c1C(=O)Cc1ccccc1C(C)CC(C)C. The Morgan fingerprint density at radius 2 is 1.91 bits per heavy atom. The van der Waals surface area contributed by atoms with Crippen LogP contribution >= 0.6 is 0 Å². The van der Waals surface area contributed by atoms with Crippen molar-refractivity contribution in [3.05, 3.63) is 52.6 Å². The molecule has 0 radical (unpaired) electrons. The van der Waals surface area contributed by atoms with Crippen molar-refractivity contribution >= 4 is 5.78 Å². The van der Waals surface area contributed by atoms with Gasteiger partial charge in [0.05, 0.1) is 11.3 Å². The third kappa shape index (κ3) is 3.87. The molecular formula is C19H25FN2O. The molecule has 1 heterocycles. The van der Waals surface area contributed by atoms with Gasteiger partial charge in [0.15, 0.2) is 5.78 Å². The van der Waals surface area contributed by atoms with E-state index in [0.717, 1.165) is 16.7 Å². The molecular weight excluding hydrogens is 291 g/mol. The summed E-state index contributed by atoms with van der Waals surface area (Å²) in [5.41, 5.74) is 2.71. The monoisotopic (exact) mass is 316 g/mol. The Bertz CT molecular complexity index is 703. The smallest absolute Gasteiger partial charge is 0.222 e. The number of aromatic nitrogens is 2. The minimum Gasteiger partial charge on any atom is -0.294 e. The van der Waals surface area contributed by atoms with Gasteiger partial charge in [-0.25, -0.2) is 4.68 Å². The van der Waals surface area contributed by atoms with Crippen LogP contribution in [0, 0.1) is 18.8 Å². The van der Waals surface area contributed by atoms with Gasteiger partial charge in [0, 0.05) is 13.5 Å². The van der Waals surface area contributed by atoms with Gasteiger partial charge in [0.1, 0.15) is 0 Å². The number of ketones is 1. The van der Waals surface area contributed by atoms with E-state index in [1.54, 1.807) is 6.92 Å². The molecule has 0 aliphatic rings. The molecule has 1 aromatic heterocycles. The van der Waals surface area contributed by atoms with Gasteiger partial charge in [-0.05, 0) is 36.3 Å². The van der Waals surface area contributed by atoms with Crippen LogP contribution in [0.15, 0.2) is 24.3 Å².